The molecule has 0 bridgehead atoms. The second-order valence-electron chi connectivity index (χ2n) is 4.00. The van der Waals surface area contributed by atoms with Crippen LogP contribution in [0.5, 0.6) is 0 Å². The third-order valence-corrected chi connectivity index (χ3v) is 4.40. The van der Waals surface area contributed by atoms with Crippen LogP contribution < -0.4 is 5.32 Å². The molecule has 4 nitrogen and oxygen atoms in total. The van der Waals surface area contributed by atoms with Gasteiger partial charge in [-0.05, 0) is 32.4 Å². The van der Waals surface area contributed by atoms with E-state index in [1.807, 2.05) is 6.92 Å². The van der Waals surface area contributed by atoms with Gasteiger partial charge in [-0.25, -0.2) is 9.97 Å². The normalized spacial score (nSPS) is 22.2. The molecule has 2 rings (SSSR count). The second kappa shape index (κ2) is 5.21. The molecule has 0 saturated carbocycles. The Morgan fingerprint density at radius 2 is 2.50 bits per heavy atom. The van der Waals surface area contributed by atoms with E-state index in [9.17, 15) is 4.21 Å². The van der Waals surface area contributed by atoms with E-state index in [-0.39, 0.29) is 0 Å². The predicted molar refractivity (Wildman–Crippen MR) is 64.0 cm³/mol. The lowest BCUT2D eigenvalue weighted by Gasteiger charge is -2.07. The minimum atomic E-state index is -1.14. The number of hydrogen-bond donors (Lipinski definition) is 1. The molecule has 1 N–H and O–H groups in total. The zero-order chi connectivity index (χ0) is 11.5. The zero-order valence-electron chi connectivity index (χ0n) is 9.07. The summed E-state index contributed by atoms with van der Waals surface area (Å²) in [5.41, 5.74) is 0.810. The van der Waals surface area contributed by atoms with Crippen LogP contribution >= 0.6 is 11.6 Å². The summed E-state index contributed by atoms with van der Waals surface area (Å²) in [5, 5.41) is 3.99. The molecule has 0 spiro atoms. The smallest absolute Gasteiger partial charge is 0.219 e. The van der Waals surface area contributed by atoms with E-state index in [2.05, 4.69) is 15.3 Å². The lowest BCUT2D eigenvalue weighted by atomic mass is 10.2. The lowest BCUT2D eigenvalue weighted by molar-refractivity contribution is 0.627. The molecule has 0 aliphatic carbocycles. The second-order valence-corrected chi connectivity index (χ2v) is 5.74. The SMILES string of the molecule is Cc1cnc([S@@](=O)C[C@H]2CCNC2)nc1Cl. The minimum Gasteiger partial charge on any atom is -0.316 e. The summed E-state index contributed by atoms with van der Waals surface area (Å²) in [6.45, 7) is 3.78. The van der Waals surface area contributed by atoms with Gasteiger partial charge in [-0.15, -0.1) is 0 Å². The average molecular weight is 260 g/mol. The Bertz CT molecular complexity index is 407. The van der Waals surface area contributed by atoms with Crippen LogP contribution in [0.25, 0.3) is 0 Å². The summed E-state index contributed by atoms with van der Waals surface area (Å²) < 4.78 is 12.0. The topological polar surface area (TPSA) is 54.9 Å². The highest BCUT2D eigenvalue weighted by atomic mass is 35.5. The maximum absolute atomic E-state index is 12.0. The van der Waals surface area contributed by atoms with Gasteiger partial charge in [0.15, 0.2) is 0 Å². The largest absolute Gasteiger partial charge is 0.316 e. The van der Waals surface area contributed by atoms with Crippen molar-refractivity contribution in [3.05, 3.63) is 16.9 Å². The number of rotatable bonds is 3. The van der Waals surface area contributed by atoms with Crippen molar-refractivity contribution < 1.29 is 4.21 Å². The van der Waals surface area contributed by atoms with E-state index in [0.717, 1.165) is 25.1 Å². The molecule has 0 amide bonds. The van der Waals surface area contributed by atoms with Gasteiger partial charge in [0.25, 0.3) is 0 Å². The van der Waals surface area contributed by atoms with Crippen molar-refractivity contribution in [1.29, 1.82) is 0 Å². The van der Waals surface area contributed by atoms with Gasteiger partial charge >= 0.3 is 0 Å². The van der Waals surface area contributed by atoms with E-state index < -0.39 is 10.8 Å². The van der Waals surface area contributed by atoms with E-state index in [4.69, 9.17) is 11.6 Å². The van der Waals surface area contributed by atoms with Crippen LogP contribution in [-0.2, 0) is 10.8 Å². The minimum absolute atomic E-state index is 0.350. The standard InChI is InChI=1S/C10H14ClN3OS/c1-7-4-13-10(14-9(7)11)16(15)6-8-2-3-12-5-8/h4,8,12H,2-3,5-6H2,1H3/t8-,16-/m0/s1. The Labute approximate surface area is 102 Å². The van der Waals surface area contributed by atoms with Crippen LogP contribution in [0.15, 0.2) is 11.4 Å². The Hall–Kier alpha value is -0.520. The Balaban J connectivity index is 2.05. The first-order valence-corrected chi connectivity index (χ1v) is 6.94. The van der Waals surface area contributed by atoms with Crippen LogP contribution in [0, 0.1) is 12.8 Å². The highest BCUT2D eigenvalue weighted by Gasteiger charge is 2.19. The van der Waals surface area contributed by atoms with Crippen LogP contribution in [-0.4, -0.2) is 33.0 Å². The van der Waals surface area contributed by atoms with Crippen molar-refractivity contribution in [2.24, 2.45) is 5.92 Å². The summed E-state index contributed by atoms with van der Waals surface area (Å²) in [6.07, 6.45) is 2.70. The molecule has 88 valence electrons. The Morgan fingerprint density at radius 1 is 1.69 bits per heavy atom. The molecule has 1 saturated heterocycles. The first-order valence-electron chi connectivity index (χ1n) is 5.25. The third-order valence-electron chi connectivity index (χ3n) is 2.64. The molecule has 0 radical (unpaired) electrons. The molecule has 2 heterocycles. The molecule has 1 aliphatic heterocycles. The number of hydrogen-bond acceptors (Lipinski definition) is 4. The summed E-state index contributed by atoms with van der Waals surface area (Å²) in [4.78, 5) is 8.11. The van der Waals surface area contributed by atoms with Gasteiger partial charge in [0.1, 0.15) is 5.15 Å². The van der Waals surface area contributed by atoms with Gasteiger partial charge in [-0.2, -0.15) is 0 Å². The number of nitrogens with one attached hydrogen (secondary N) is 1. The van der Waals surface area contributed by atoms with Gasteiger partial charge in [0.2, 0.25) is 5.16 Å². The fourth-order valence-corrected chi connectivity index (χ4v) is 3.07. The van der Waals surface area contributed by atoms with Crippen LogP contribution in [0.4, 0.5) is 0 Å². The fourth-order valence-electron chi connectivity index (χ4n) is 1.66. The lowest BCUT2D eigenvalue weighted by Crippen LogP contribution is -2.16. The van der Waals surface area contributed by atoms with Crippen LogP contribution in [0.1, 0.15) is 12.0 Å². The molecule has 6 heteroatoms. The maximum atomic E-state index is 12.0. The highest BCUT2D eigenvalue weighted by molar-refractivity contribution is 7.84. The van der Waals surface area contributed by atoms with Crippen molar-refractivity contribution in [3.63, 3.8) is 0 Å². The van der Waals surface area contributed by atoms with Crippen LogP contribution in [0.2, 0.25) is 5.15 Å². The first kappa shape index (κ1) is 12.0. The predicted octanol–water partition coefficient (Wildman–Crippen LogP) is 1.16. The van der Waals surface area contributed by atoms with E-state index in [1.54, 1.807) is 6.20 Å². The highest BCUT2D eigenvalue weighted by Crippen LogP contribution is 2.15. The Kier molecular flexibility index (Phi) is 3.89. The molecular formula is C10H14ClN3OS. The number of aryl methyl sites for hydroxylation is 1. The monoisotopic (exact) mass is 259 g/mol. The quantitative estimate of drug-likeness (QED) is 0.654. The van der Waals surface area contributed by atoms with Gasteiger partial charge in [0.05, 0.1) is 10.8 Å². The molecule has 1 aromatic heterocycles. The van der Waals surface area contributed by atoms with Crippen molar-refractivity contribution >= 4 is 22.4 Å². The number of nitrogens with zero attached hydrogens (tertiary/aromatic N) is 2. The first-order chi connectivity index (χ1) is 7.66. The fraction of sp³-hybridized carbons (Fsp3) is 0.600. The number of halogens is 1. The summed E-state index contributed by atoms with van der Waals surface area (Å²) in [5.74, 6) is 1.08. The van der Waals surface area contributed by atoms with Crippen molar-refractivity contribution in [2.45, 2.75) is 18.5 Å². The molecule has 2 atom stereocenters. The van der Waals surface area contributed by atoms with Gasteiger partial charge in [0, 0.05) is 17.5 Å². The molecule has 16 heavy (non-hydrogen) atoms. The molecular weight excluding hydrogens is 246 g/mol. The van der Waals surface area contributed by atoms with Crippen molar-refractivity contribution in [2.75, 3.05) is 18.8 Å². The average Bonchev–Trinajstić information content (AvgIpc) is 2.74. The van der Waals surface area contributed by atoms with E-state index in [1.165, 1.54) is 0 Å². The molecule has 1 aromatic rings. The Morgan fingerprint density at radius 3 is 3.12 bits per heavy atom. The third kappa shape index (κ3) is 2.78. The molecule has 1 aliphatic rings. The van der Waals surface area contributed by atoms with E-state index >= 15 is 0 Å². The van der Waals surface area contributed by atoms with Gasteiger partial charge in [-0.1, -0.05) is 11.6 Å². The summed E-state index contributed by atoms with van der Waals surface area (Å²) in [6, 6.07) is 0. The molecule has 0 aromatic carbocycles. The van der Waals surface area contributed by atoms with E-state index in [0.29, 0.717) is 22.0 Å². The molecule has 1 fully saturated rings. The van der Waals surface area contributed by atoms with Gasteiger partial charge in [-0.3, -0.25) is 4.21 Å². The van der Waals surface area contributed by atoms with Crippen LogP contribution in [0.3, 0.4) is 0 Å². The van der Waals surface area contributed by atoms with Crippen molar-refractivity contribution in [3.8, 4) is 0 Å². The maximum Gasteiger partial charge on any atom is 0.219 e. The summed E-state index contributed by atoms with van der Waals surface area (Å²) >= 11 is 5.88. The zero-order valence-corrected chi connectivity index (χ0v) is 10.6. The number of aromatic nitrogens is 2. The summed E-state index contributed by atoms with van der Waals surface area (Å²) in [7, 11) is -1.14. The van der Waals surface area contributed by atoms with Crippen molar-refractivity contribution in [1.82, 2.24) is 15.3 Å². The molecule has 0 unspecified atom stereocenters. The van der Waals surface area contributed by atoms with Gasteiger partial charge < -0.3 is 5.32 Å².